The molecule has 1 amide bonds. The summed E-state index contributed by atoms with van der Waals surface area (Å²) >= 11 is 5.73. The van der Waals surface area contributed by atoms with Crippen LogP contribution in [0.1, 0.15) is 21.6 Å². The third-order valence-corrected chi connectivity index (χ3v) is 2.82. The monoisotopic (exact) mass is 263 g/mol. The van der Waals surface area contributed by atoms with Gasteiger partial charge in [0.2, 0.25) is 0 Å². The molecule has 0 radical (unpaired) electrons. The van der Waals surface area contributed by atoms with Crippen molar-refractivity contribution in [2.45, 2.75) is 13.1 Å². The predicted molar refractivity (Wildman–Crippen MR) is 71.3 cm³/mol. The fourth-order valence-corrected chi connectivity index (χ4v) is 1.73. The molecule has 1 aromatic carbocycles. The summed E-state index contributed by atoms with van der Waals surface area (Å²) in [6.45, 7) is 0.994. The van der Waals surface area contributed by atoms with Gasteiger partial charge in [0.1, 0.15) is 5.69 Å². The molecule has 4 nitrogen and oxygen atoms in total. The Bertz CT molecular complexity index is 533. The molecule has 94 valence electrons. The highest BCUT2D eigenvalue weighted by atomic mass is 35.5. The zero-order valence-electron chi connectivity index (χ0n) is 9.74. The van der Waals surface area contributed by atoms with E-state index in [4.69, 9.17) is 17.3 Å². The van der Waals surface area contributed by atoms with Gasteiger partial charge in [0.05, 0.1) is 5.02 Å². The highest BCUT2D eigenvalue weighted by Crippen LogP contribution is 2.09. The molecule has 0 fully saturated rings. The Kier molecular flexibility index (Phi) is 4.02. The van der Waals surface area contributed by atoms with Crippen LogP contribution in [0.5, 0.6) is 0 Å². The minimum absolute atomic E-state index is 0.176. The number of benzene rings is 1. The number of H-pyrrole nitrogens is 1. The fourth-order valence-electron chi connectivity index (χ4n) is 1.57. The van der Waals surface area contributed by atoms with Gasteiger partial charge in [-0.25, -0.2) is 0 Å². The second-order valence-electron chi connectivity index (χ2n) is 3.93. The van der Waals surface area contributed by atoms with Crippen molar-refractivity contribution in [1.29, 1.82) is 0 Å². The molecular weight excluding hydrogens is 250 g/mol. The molecule has 0 unspecified atom stereocenters. The van der Waals surface area contributed by atoms with Crippen molar-refractivity contribution in [3.63, 3.8) is 0 Å². The Morgan fingerprint density at radius 2 is 1.94 bits per heavy atom. The average Bonchev–Trinajstić information content (AvgIpc) is 2.83. The highest BCUT2D eigenvalue weighted by molar-refractivity contribution is 6.30. The number of halogens is 1. The number of aromatic nitrogens is 1. The van der Waals surface area contributed by atoms with Crippen LogP contribution in [-0.2, 0) is 13.1 Å². The first-order valence-corrected chi connectivity index (χ1v) is 5.97. The normalized spacial score (nSPS) is 10.3. The number of rotatable bonds is 4. The first-order valence-electron chi connectivity index (χ1n) is 5.59. The van der Waals surface area contributed by atoms with Gasteiger partial charge in [-0.15, -0.1) is 0 Å². The van der Waals surface area contributed by atoms with Crippen molar-refractivity contribution in [3.8, 4) is 0 Å². The van der Waals surface area contributed by atoms with Gasteiger partial charge in [-0.05, 0) is 17.2 Å². The molecule has 0 aliphatic rings. The number of hydrogen-bond acceptors (Lipinski definition) is 2. The molecular formula is C13H14ClN3O. The third-order valence-electron chi connectivity index (χ3n) is 2.60. The van der Waals surface area contributed by atoms with Crippen LogP contribution in [0.4, 0.5) is 0 Å². The van der Waals surface area contributed by atoms with Gasteiger partial charge in [0.15, 0.2) is 0 Å². The first-order chi connectivity index (χ1) is 8.69. The third kappa shape index (κ3) is 3.12. The van der Waals surface area contributed by atoms with Gasteiger partial charge in [-0.2, -0.15) is 0 Å². The Labute approximate surface area is 110 Å². The van der Waals surface area contributed by atoms with E-state index in [1.165, 1.54) is 0 Å². The Morgan fingerprint density at radius 3 is 2.50 bits per heavy atom. The molecule has 0 saturated carbocycles. The molecule has 0 bridgehead atoms. The number of carbonyl (C=O) groups excluding carboxylic acids is 1. The minimum Gasteiger partial charge on any atom is -0.356 e. The average molecular weight is 264 g/mol. The van der Waals surface area contributed by atoms with E-state index < -0.39 is 0 Å². The lowest BCUT2D eigenvalue weighted by Gasteiger charge is -2.05. The van der Waals surface area contributed by atoms with E-state index >= 15 is 0 Å². The quantitative estimate of drug-likeness (QED) is 0.790. The van der Waals surface area contributed by atoms with Gasteiger partial charge >= 0.3 is 0 Å². The van der Waals surface area contributed by atoms with Gasteiger partial charge in [0.25, 0.3) is 5.91 Å². The van der Waals surface area contributed by atoms with Gasteiger partial charge in [0, 0.05) is 19.3 Å². The number of amides is 1. The maximum absolute atomic E-state index is 11.7. The maximum atomic E-state index is 11.7. The molecule has 5 heteroatoms. The summed E-state index contributed by atoms with van der Waals surface area (Å²) in [5.74, 6) is -0.176. The molecule has 0 spiro atoms. The van der Waals surface area contributed by atoms with E-state index in [1.54, 1.807) is 12.3 Å². The highest BCUT2D eigenvalue weighted by Gasteiger charge is 2.07. The van der Waals surface area contributed by atoms with Crippen LogP contribution in [-0.4, -0.2) is 10.9 Å². The van der Waals surface area contributed by atoms with E-state index in [-0.39, 0.29) is 5.91 Å². The molecule has 2 aromatic rings. The van der Waals surface area contributed by atoms with E-state index in [0.717, 1.165) is 11.1 Å². The van der Waals surface area contributed by atoms with E-state index in [1.807, 2.05) is 24.3 Å². The van der Waals surface area contributed by atoms with Crippen molar-refractivity contribution in [1.82, 2.24) is 10.3 Å². The smallest absolute Gasteiger partial charge is 0.268 e. The summed E-state index contributed by atoms with van der Waals surface area (Å²) in [6.07, 6.45) is 1.58. The molecule has 0 saturated heterocycles. The Morgan fingerprint density at radius 1 is 1.28 bits per heavy atom. The summed E-state index contributed by atoms with van der Waals surface area (Å²) < 4.78 is 0. The summed E-state index contributed by atoms with van der Waals surface area (Å²) in [5, 5.41) is 3.33. The van der Waals surface area contributed by atoms with Crippen LogP contribution < -0.4 is 11.1 Å². The fraction of sp³-hybridized carbons (Fsp3) is 0.154. The number of hydrogen-bond donors (Lipinski definition) is 3. The lowest BCUT2D eigenvalue weighted by Crippen LogP contribution is -2.23. The SMILES string of the molecule is NCc1ccc(CNC(=O)c2cc(Cl)c[nH]2)cc1. The maximum Gasteiger partial charge on any atom is 0.268 e. The van der Waals surface area contributed by atoms with Crippen LogP contribution in [0.25, 0.3) is 0 Å². The lowest BCUT2D eigenvalue weighted by atomic mass is 10.1. The molecule has 0 aliphatic carbocycles. The van der Waals surface area contributed by atoms with Gasteiger partial charge in [-0.3, -0.25) is 4.79 Å². The van der Waals surface area contributed by atoms with Crippen LogP contribution in [0.2, 0.25) is 5.02 Å². The molecule has 4 N–H and O–H groups in total. The number of carbonyl (C=O) groups is 1. The second-order valence-corrected chi connectivity index (χ2v) is 4.37. The standard InChI is InChI=1S/C13H14ClN3O/c14-11-5-12(16-8-11)13(18)17-7-10-3-1-9(6-15)2-4-10/h1-5,8,16H,6-7,15H2,(H,17,18). The zero-order valence-corrected chi connectivity index (χ0v) is 10.5. The van der Waals surface area contributed by atoms with Crippen LogP contribution >= 0.6 is 11.6 Å². The van der Waals surface area contributed by atoms with Crippen LogP contribution in [0.15, 0.2) is 36.5 Å². The van der Waals surface area contributed by atoms with E-state index in [0.29, 0.717) is 23.8 Å². The lowest BCUT2D eigenvalue weighted by molar-refractivity contribution is 0.0946. The molecule has 2 rings (SSSR count). The van der Waals surface area contributed by atoms with Gasteiger partial charge < -0.3 is 16.0 Å². The molecule has 0 atom stereocenters. The molecule has 1 aromatic heterocycles. The molecule has 1 heterocycles. The Hall–Kier alpha value is -1.78. The predicted octanol–water partition coefficient (Wildman–Crippen LogP) is 2.06. The van der Waals surface area contributed by atoms with Crippen molar-refractivity contribution in [2.75, 3.05) is 0 Å². The number of nitrogens with one attached hydrogen (secondary N) is 2. The van der Waals surface area contributed by atoms with Crippen molar-refractivity contribution >= 4 is 17.5 Å². The largest absolute Gasteiger partial charge is 0.356 e. The van der Waals surface area contributed by atoms with E-state index in [2.05, 4.69) is 10.3 Å². The topological polar surface area (TPSA) is 70.9 Å². The van der Waals surface area contributed by atoms with Crippen LogP contribution in [0, 0.1) is 0 Å². The van der Waals surface area contributed by atoms with Gasteiger partial charge in [-0.1, -0.05) is 35.9 Å². The number of aromatic amines is 1. The Balaban J connectivity index is 1.92. The molecule has 0 aliphatic heterocycles. The number of nitrogens with two attached hydrogens (primary N) is 1. The summed E-state index contributed by atoms with van der Waals surface area (Å²) in [4.78, 5) is 14.5. The second kappa shape index (κ2) is 5.71. The zero-order chi connectivity index (χ0) is 13.0. The summed E-state index contributed by atoms with van der Waals surface area (Å²) in [7, 11) is 0. The summed E-state index contributed by atoms with van der Waals surface area (Å²) in [6, 6.07) is 9.39. The van der Waals surface area contributed by atoms with Crippen molar-refractivity contribution in [2.24, 2.45) is 5.73 Å². The van der Waals surface area contributed by atoms with Crippen molar-refractivity contribution < 1.29 is 4.79 Å². The minimum atomic E-state index is -0.176. The summed E-state index contributed by atoms with van der Waals surface area (Å²) in [5.41, 5.74) is 8.07. The molecule has 18 heavy (non-hydrogen) atoms. The first kappa shape index (κ1) is 12.7. The van der Waals surface area contributed by atoms with Crippen LogP contribution in [0.3, 0.4) is 0 Å². The van der Waals surface area contributed by atoms with Crippen molar-refractivity contribution in [3.05, 3.63) is 58.4 Å². The van der Waals surface area contributed by atoms with E-state index in [9.17, 15) is 4.79 Å².